The van der Waals surface area contributed by atoms with Gasteiger partial charge in [-0.1, -0.05) is 44.2 Å². The second kappa shape index (κ2) is 5.37. The molecule has 0 nitrogen and oxygen atoms in total. The Morgan fingerprint density at radius 1 is 1.10 bits per heavy atom. The summed E-state index contributed by atoms with van der Waals surface area (Å²) in [5.74, 6) is -1.29. The van der Waals surface area contributed by atoms with Gasteiger partial charge >= 0.3 is 0 Å². The number of hydrogen-bond acceptors (Lipinski definition) is 0. The molecule has 3 rings (SSSR count). The van der Waals surface area contributed by atoms with E-state index in [2.05, 4.69) is 38.1 Å². The first-order valence-electron chi connectivity index (χ1n) is 8.35. The second-order valence-electron chi connectivity index (χ2n) is 7.62. The van der Waals surface area contributed by atoms with Crippen LogP contribution in [-0.4, -0.2) is 5.92 Å². The minimum Gasteiger partial charge on any atom is -0.207 e. The average Bonchev–Trinajstić information content (AvgIpc) is 3.19. The maximum absolute atomic E-state index is 13.9. The third kappa shape index (κ3) is 3.14. The predicted molar refractivity (Wildman–Crippen MR) is 82.6 cm³/mol. The maximum Gasteiger partial charge on any atom is 0.248 e. The number of hydrogen-bond donors (Lipinski definition) is 0. The fourth-order valence-corrected chi connectivity index (χ4v) is 4.41. The molecule has 2 fully saturated rings. The van der Waals surface area contributed by atoms with Gasteiger partial charge in [0.15, 0.2) is 0 Å². The summed E-state index contributed by atoms with van der Waals surface area (Å²) in [4.78, 5) is 0. The van der Waals surface area contributed by atoms with Crippen LogP contribution < -0.4 is 0 Å². The van der Waals surface area contributed by atoms with Gasteiger partial charge in [-0.15, -0.1) is 0 Å². The summed E-state index contributed by atoms with van der Waals surface area (Å²) in [6, 6.07) is 10.5. The molecule has 2 aliphatic carbocycles. The molecule has 21 heavy (non-hydrogen) atoms. The highest BCUT2D eigenvalue weighted by atomic mass is 19.3. The zero-order valence-electron chi connectivity index (χ0n) is 13.1. The topological polar surface area (TPSA) is 0 Å². The van der Waals surface area contributed by atoms with Crippen molar-refractivity contribution in [2.24, 2.45) is 17.8 Å². The van der Waals surface area contributed by atoms with Crippen LogP contribution in [0.1, 0.15) is 57.9 Å². The first kappa shape index (κ1) is 15.0. The van der Waals surface area contributed by atoms with Gasteiger partial charge in [0.1, 0.15) is 0 Å². The van der Waals surface area contributed by atoms with Crippen LogP contribution in [-0.2, 0) is 5.41 Å². The van der Waals surface area contributed by atoms with Gasteiger partial charge in [-0.2, -0.15) is 0 Å². The van der Waals surface area contributed by atoms with Crippen molar-refractivity contribution in [1.29, 1.82) is 0 Å². The van der Waals surface area contributed by atoms with Crippen LogP contribution in [0.25, 0.3) is 0 Å². The first-order chi connectivity index (χ1) is 9.92. The summed E-state index contributed by atoms with van der Waals surface area (Å²) in [6.45, 7) is 4.40. The van der Waals surface area contributed by atoms with Crippen LogP contribution in [0.5, 0.6) is 0 Å². The van der Waals surface area contributed by atoms with Gasteiger partial charge in [0.25, 0.3) is 0 Å². The largest absolute Gasteiger partial charge is 0.248 e. The van der Waals surface area contributed by atoms with Crippen LogP contribution in [0.15, 0.2) is 30.3 Å². The number of benzene rings is 1. The van der Waals surface area contributed by atoms with E-state index in [1.54, 1.807) is 0 Å². The summed E-state index contributed by atoms with van der Waals surface area (Å²) in [5.41, 5.74) is 1.56. The molecule has 0 aliphatic heterocycles. The van der Waals surface area contributed by atoms with E-state index >= 15 is 0 Å². The number of rotatable bonds is 4. The lowest BCUT2D eigenvalue weighted by Crippen LogP contribution is -2.36. The molecule has 0 aromatic heterocycles. The molecule has 0 heterocycles. The van der Waals surface area contributed by atoms with Crippen molar-refractivity contribution >= 4 is 0 Å². The zero-order chi connectivity index (χ0) is 15.1. The van der Waals surface area contributed by atoms with Gasteiger partial charge in [-0.25, -0.2) is 8.78 Å². The van der Waals surface area contributed by atoms with Crippen molar-refractivity contribution in [2.75, 3.05) is 0 Å². The molecule has 0 amide bonds. The van der Waals surface area contributed by atoms with E-state index in [0.717, 1.165) is 6.42 Å². The van der Waals surface area contributed by atoms with Crippen molar-refractivity contribution in [1.82, 2.24) is 0 Å². The van der Waals surface area contributed by atoms with Gasteiger partial charge < -0.3 is 0 Å². The molecule has 2 atom stereocenters. The van der Waals surface area contributed by atoms with Crippen molar-refractivity contribution < 1.29 is 8.78 Å². The van der Waals surface area contributed by atoms with E-state index in [9.17, 15) is 8.78 Å². The summed E-state index contributed by atoms with van der Waals surface area (Å²) in [7, 11) is 0. The number of halogens is 2. The van der Waals surface area contributed by atoms with Gasteiger partial charge in [-0.05, 0) is 54.4 Å². The Kier molecular flexibility index (Phi) is 3.83. The second-order valence-corrected chi connectivity index (χ2v) is 7.62. The lowest BCUT2D eigenvalue weighted by molar-refractivity contribution is -0.0792. The lowest BCUT2D eigenvalue weighted by Gasteiger charge is -2.40. The van der Waals surface area contributed by atoms with Gasteiger partial charge in [-0.3, -0.25) is 0 Å². The quantitative estimate of drug-likeness (QED) is 0.656. The minimum atomic E-state index is -2.44. The fraction of sp³-hybridized carbons (Fsp3) is 0.684. The molecular formula is C19H26F2. The van der Waals surface area contributed by atoms with Gasteiger partial charge in [0.05, 0.1) is 0 Å². The number of alkyl halides is 2. The van der Waals surface area contributed by atoms with E-state index in [4.69, 9.17) is 0 Å². The van der Waals surface area contributed by atoms with Crippen LogP contribution >= 0.6 is 0 Å². The van der Waals surface area contributed by atoms with Crippen molar-refractivity contribution in [2.45, 2.75) is 63.7 Å². The Bertz CT molecular complexity index is 474. The molecule has 0 saturated heterocycles. The molecule has 1 aromatic rings. The van der Waals surface area contributed by atoms with E-state index < -0.39 is 5.92 Å². The van der Waals surface area contributed by atoms with Crippen molar-refractivity contribution in [3.05, 3.63) is 35.9 Å². The molecule has 0 radical (unpaired) electrons. The Balaban J connectivity index is 1.78. The van der Waals surface area contributed by atoms with Crippen molar-refractivity contribution in [3.8, 4) is 0 Å². The molecule has 2 unspecified atom stereocenters. The fourth-order valence-electron chi connectivity index (χ4n) is 4.41. The third-order valence-electron chi connectivity index (χ3n) is 5.76. The Morgan fingerprint density at radius 3 is 2.33 bits per heavy atom. The monoisotopic (exact) mass is 292 g/mol. The normalized spacial score (nSPS) is 30.3. The van der Waals surface area contributed by atoms with Crippen LogP contribution in [0.3, 0.4) is 0 Å². The zero-order valence-corrected chi connectivity index (χ0v) is 13.1. The summed E-state index contributed by atoms with van der Waals surface area (Å²) >= 11 is 0. The van der Waals surface area contributed by atoms with Gasteiger partial charge in [0, 0.05) is 12.8 Å². The molecule has 0 spiro atoms. The van der Waals surface area contributed by atoms with Crippen LogP contribution in [0.2, 0.25) is 0 Å². The van der Waals surface area contributed by atoms with Gasteiger partial charge in [0.2, 0.25) is 5.92 Å². The molecule has 0 N–H and O–H groups in total. The Morgan fingerprint density at radius 2 is 1.76 bits per heavy atom. The summed E-state index contributed by atoms with van der Waals surface area (Å²) < 4.78 is 27.8. The molecule has 0 bridgehead atoms. The lowest BCUT2D eigenvalue weighted by atomic mass is 9.67. The molecule has 116 valence electrons. The Hall–Kier alpha value is -0.920. The summed E-state index contributed by atoms with van der Waals surface area (Å²) in [5, 5.41) is 0. The highest BCUT2D eigenvalue weighted by Gasteiger charge is 2.50. The Labute approximate surface area is 126 Å². The smallest absolute Gasteiger partial charge is 0.207 e. The van der Waals surface area contributed by atoms with Crippen LogP contribution in [0, 0.1) is 17.8 Å². The van der Waals surface area contributed by atoms with Crippen molar-refractivity contribution in [3.63, 3.8) is 0 Å². The maximum atomic E-state index is 13.9. The standard InChI is InChI=1S/C19H26F2/c1-14(2)17-8-9-19(20,21)13-15(17)12-18(10-11-18)16-6-4-3-5-7-16/h3-7,14-15,17H,8-13H2,1-2H3. The molecular weight excluding hydrogens is 266 g/mol. The molecule has 2 saturated carbocycles. The van der Waals surface area contributed by atoms with E-state index in [1.807, 2.05) is 6.07 Å². The molecule has 2 heteroatoms. The molecule has 1 aromatic carbocycles. The first-order valence-corrected chi connectivity index (χ1v) is 8.35. The highest BCUT2D eigenvalue weighted by molar-refractivity contribution is 5.31. The van der Waals surface area contributed by atoms with E-state index in [1.165, 1.54) is 18.4 Å². The predicted octanol–water partition coefficient (Wildman–Crippen LogP) is 5.82. The average molecular weight is 292 g/mol. The SMILES string of the molecule is CC(C)C1CCC(F)(F)CC1CC1(c2ccccc2)CC1. The van der Waals surface area contributed by atoms with E-state index in [-0.39, 0.29) is 24.2 Å². The van der Waals surface area contributed by atoms with E-state index in [0.29, 0.717) is 18.3 Å². The summed E-state index contributed by atoms with van der Waals surface area (Å²) in [6.07, 6.45) is 4.18. The molecule has 2 aliphatic rings. The third-order valence-corrected chi connectivity index (χ3v) is 5.76. The van der Waals surface area contributed by atoms with Crippen LogP contribution in [0.4, 0.5) is 8.78 Å². The minimum absolute atomic E-state index is 0.0880. The highest BCUT2D eigenvalue weighted by Crippen LogP contribution is 2.56.